The van der Waals surface area contributed by atoms with Crippen molar-refractivity contribution in [1.29, 1.82) is 0 Å². The van der Waals surface area contributed by atoms with Crippen molar-refractivity contribution < 1.29 is 8.78 Å². The second kappa shape index (κ2) is 6.33. The first-order chi connectivity index (χ1) is 9.55. The highest BCUT2D eigenvalue weighted by Gasteiger charge is 2.25. The maximum atomic E-state index is 13.6. The summed E-state index contributed by atoms with van der Waals surface area (Å²) >= 11 is 6.05. The van der Waals surface area contributed by atoms with Crippen LogP contribution >= 0.6 is 11.6 Å². The summed E-state index contributed by atoms with van der Waals surface area (Å²) in [4.78, 5) is 0. The molecule has 0 amide bonds. The van der Waals surface area contributed by atoms with Gasteiger partial charge in [0, 0.05) is 18.0 Å². The molecule has 0 aromatic heterocycles. The van der Waals surface area contributed by atoms with Crippen LogP contribution in [0.1, 0.15) is 18.1 Å². The summed E-state index contributed by atoms with van der Waals surface area (Å²) < 4.78 is 26.8. The van der Waals surface area contributed by atoms with E-state index in [9.17, 15) is 8.78 Å². The summed E-state index contributed by atoms with van der Waals surface area (Å²) in [5.41, 5.74) is 0.797. The lowest BCUT2D eigenvalue weighted by Gasteiger charge is -2.29. The molecular weight excluding hydrogens is 280 g/mol. The molecule has 0 saturated heterocycles. The number of nitrogens with one attached hydrogen (secondary N) is 1. The van der Waals surface area contributed by atoms with Crippen molar-refractivity contribution in [1.82, 2.24) is 5.32 Å². The van der Waals surface area contributed by atoms with Crippen molar-refractivity contribution in [2.75, 3.05) is 5.88 Å². The van der Waals surface area contributed by atoms with Crippen LogP contribution in [-0.2, 0) is 12.1 Å². The average molecular weight is 296 g/mol. The van der Waals surface area contributed by atoms with Crippen LogP contribution in [0.3, 0.4) is 0 Å². The Labute approximate surface area is 122 Å². The molecule has 20 heavy (non-hydrogen) atoms. The molecule has 0 heterocycles. The van der Waals surface area contributed by atoms with Crippen LogP contribution in [-0.4, -0.2) is 5.88 Å². The van der Waals surface area contributed by atoms with Crippen LogP contribution in [0.25, 0.3) is 0 Å². The quantitative estimate of drug-likeness (QED) is 0.815. The molecule has 0 bridgehead atoms. The summed E-state index contributed by atoms with van der Waals surface area (Å²) in [7, 11) is 0. The van der Waals surface area contributed by atoms with Crippen LogP contribution in [0.4, 0.5) is 8.78 Å². The molecule has 0 fully saturated rings. The molecule has 1 unspecified atom stereocenters. The lowest BCUT2D eigenvalue weighted by Crippen LogP contribution is -2.41. The fraction of sp³-hybridized carbons (Fsp3) is 0.250. The van der Waals surface area contributed by atoms with Crippen LogP contribution in [0, 0.1) is 11.6 Å². The molecule has 106 valence electrons. The highest BCUT2D eigenvalue weighted by Crippen LogP contribution is 2.23. The predicted molar refractivity (Wildman–Crippen MR) is 77.7 cm³/mol. The summed E-state index contributed by atoms with van der Waals surface area (Å²) in [6.45, 7) is 2.15. The van der Waals surface area contributed by atoms with Gasteiger partial charge in [0.25, 0.3) is 0 Å². The Bertz CT molecular complexity index is 574. The number of rotatable bonds is 5. The number of hydrogen-bond acceptors (Lipinski definition) is 1. The van der Waals surface area contributed by atoms with Crippen molar-refractivity contribution >= 4 is 11.6 Å². The zero-order valence-corrected chi connectivity index (χ0v) is 11.9. The largest absolute Gasteiger partial charge is 0.302 e. The monoisotopic (exact) mass is 295 g/mol. The summed E-state index contributed by atoms with van der Waals surface area (Å²) in [6, 6.07) is 13.1. The third kappa shape index (κ3) is 3.35. The highest BCUT2D eigenvalue weighted by molar-refractivity contribution is 6.18. The Morgan fingerprint density at radius 1 is 1.10 bits per heavy atom. The topological polar surface area (TPSA) is 12.0 Å². The highest BCUT2D eigenvalue weighted by atomic mass is 35.5. The van der Waals surface area contributed by atoms with Gasteiger partial charge < -0.3 is 5.32 Å². The van der Waals surface area contributed by atoms with E-state index in [2.05, 4.69) is 5.32 Å². The molecule has 1 atom stereocenters. The second-order valence-corrected chi connectivity index (χ2v) is 5.19. The van der Waals surface area contributed by atoms with Crippen LogP contribution in [0.15, 0.2) is 48.5 Å². The Morgan fingerprint density at radius 3 is 2.45 bits per heavy atom. The van der Waals surface area contributed by atoms with Crippen LogP contribution in [0.5, 0.6) is 0 Å². The van der Waals surface area contributed by atoms with Gasteiger partial charge in [-0.1, -0.05) is 30.3 Å². The van der Waals surface area contributed by atoms with Gasteiger partial charge in [-0.3, -0.25) is 0 Å². The fourth-order valence-electron chi connectivity index (χ4n) is 2.00. The number of hydrogen-bond donors (Lipinski definition) is 1. The maximum absolute atomic E-state index is 13.6. The second-order valence-electron chi connectivity index (χ2n) is 4.92. The Hall–Kier alpha value is -1.45. The minimum Gasteiger partial charge on any atom is -0.302 e. The third-order valence-electron chi connectivity index (χ3n) is 3.35. The van der Waals surface area contributed by atoms with Gasteiger partial charge >= 0.3 is 0 Å². The molecule has 0 radical (unpaired) electrons. The molecule has 0 saturated carbocycles. The van der Waals surface area contributed by atoms with Gasteiger partial charge in [0.15, 0.2) is 0 Å². The van der Waals surface area contributed by atoms with Gasteiger partial charge in [-0.25, -0.2) is 8.78 Å². The number of halogens is 3. The minimum absolute atomic E-state index is 0.210. The van der Waals surface area contributed by atoms with Gasteiger partial charge in [0.05, 0.1) is 5.54 Å². The molecule has 2 aromatic rings. The van der Waals surface area contributed by atoms with Gasteiger partial charge in [-0.05, 0) is 30.7 Å². The first kappa shape index (κ1) is 14.9. The SMILES string of the molecule is CC(CCl)(NCc1cc(F)ccc1F)c1ccccc1. The van der Waals surface area contributed by atoms with Crippen molar-refractivity contribution in [2.45, 2.75) is 19.0 Å². The van der Waals surface area contributed by atoms with E-state index in [-0.39, 0.29) is 12.1 Å². The minimum atomic E-state index is -0.498. The first-order valence-corrected chi connectivity index (χ1v) is 6.89. The van der Waals surface area contributed by atoms with E-state index in [1.165, 1.54) is 6.07 Å². The molecule has 4 heteroatoms. The lowest BCUT2D eigenvalue weighted by atomic mass is 9.94. The van der Waals surface area contributed by atoms with Crippen molar-refractivity contribution in [3.05, 3.63) is 71.3 Å². The molecule has 0 spiro atoms. The summed E-state index contributed by atoms with van der Waals surface area (Å²) in [6.07, 6.45) is 0. The van der Waals surface area contributed by atoms with E-state index in [0.29, 0.717) is 5.88 Å². The van der Waals surface area contributed by atoms with Gasteiger partial charge in [0.2, 0.25) is 0 Å². The first-order valence-electron chi connectivity index (χ1n) is 6.35. The van der Waals surface area contributed by atoms with Crippen LogP contribution in [0.2, 0.25) is 0 Å². The Kier molecular flexibility index (Phi) is 4.73. The maximum Gasteiger partial charge on any atom is 0.127 e. The van der Waals surface area contributed by atoms with Gasteiger partial charge in [0.1, 0.15) is 11.6 Å². The van der Waals surface area contributed by atoms with Crippen molar-refractivity contribution in [3.8, 4) is 0 Å². The zero-order chi connectivity index (χ0) is 14.6. The van der Waals surface area contributed by atoms with E-state index in [4.69, 9.17) is 11.6 Å². The molecular formula is C16H16ClF2N. The third-order valence-corrected chi connectivity index (χ3v) is 3.89. The summed E-state index contributed by atoms with van der Waals surface area (Å²) in [5, 5.41) is 3.21. The number of benzene rings is 2. The molecule has 2 aromatic carbocycles. The number of alkyl halides is 1. The van der Waals surface area contributed by atoms with Crippen molar-refractivity contribution in [2.24, 2.45) is 0 Å². The molecule has 0 aliphatic carbocycles. The van der Waals surface area contributed by atoms with E-state index >= 15 is 0 Å². The average Bonchev–Trinajstić information content (AvgIpc) is 2.49. The normalized spacial score (nSPS) is 14.0. The summed E-state index contributed by atoms with van der Waals surface area (Å²) in [5.74, 6) is -0.548. The fourth-order valence-corrected chi connectivity index (χ4v) is 2.25. The molecule has 0 aliphatic rings. The van der Waals surface area contributed by atoms with E-state index < -0.39 is 17.2 Å². The van der Waals surface area contributed by atoms with Crippen molar-refractivity contribution in [3.63, 3.8) is 0 Å². The molecule has 0 aliphatic heterocycles. The van der Waals surface area contributed by atoms with Gasteiger partial charge in [-0.2, -0.15) is 0 Å². The zero-order valence-electron chi connectivity index (χ0n) is 11.2. The van der Waals surface area contributed by atoms with Gasteiger partial charge in [-0.15, -0.1) is 11.6 Å². The predicted octanol–water partition coefficient (Wildman–Crippen LogP) is 4.21. The standard InChI is InChI=1S/C16H16ClF2N/c1-16(11-17,13-5-3-2-4-6-13)20-10-12-9-14(18)7-8-15(12)19/h2-9,20H,10-11H2,1H3. The lowest BCUT2D eigenvalue weighted by molar-refractivity contribution is 0.401. The van der Waals surface area contributed by atoms with Crippen LogP contribution < -0.4 is 5.32 Å². The smallest absolute Gasteiger partial charge is 0.127 e. The van der Waals surface area contributed by atoms with E-state index in [0.717, 1.165) is 17.7 Å². The van der Waals surface area contributed by atoms with E-state index in [1.807, 2.05) is 37.3 Å². The Balaban J connectivity index is 2.17. The Morgan fingerprint density at radius 2 is 1.80 bits per heavy atom. The molecule has 1 nitrogen and oxygen atoms in total. The molecule has 1 N–H and O–H groups in total. The molecule has 2 rings (SSSR count). The van der Waals surface area contributed by atoms with E-state index in [1.54, 1.807) is 0 Å².